The largest absolute Gasteiger partial charge is 0.482 e. The SMILES string of the molecule is Cc1ccc(C2=Cc3cccc(-c4ccccc4)c3OC2(C)C)c(C)c1. The van der Waals surface area contributed by atoms with Gasteiger partial charge in [0.2, 0.25) is 0 Å². The zero-order chi connectivity index (χ0) is 18.3. The Kier molecular flexibility index (Phi) is 3.96. The Morgan fingerprint density at radius 2 is 1.54 bits per heavy atom. The van der Waals surface area contributed by atoms with E-state index in [4.69, 9.17) is 4.74 Å². The van der Waals surface area contributed by atoms with Gasteiger partial charge in [0, 0.05) is 16.7 Å². The molecule has 0 fully saturated rings. The molecule has 0 unspecified atom stereocenters. The first kappa shape index (κ1) is 16.7. The Labute approximate surface area is 156 Å². The summed E-state index contributed by atoms with van der Waals surface area (Å²) < 4.78 is 6.59. The molecule has 1 heteroatoms. The van der Waals surface area contributed by atoms with Crippen molar-refractivity contribution in [2.45, 2.75) is 33.3 Å². The van der Waals surface area contributed by atoms with Gasteiger partial charge in [-0.05, 0) is 50.5 Å². The van der Waals surface area contributed by atoms with Crippen LogP contribution in [0.25, 0.3) is 22.8 Å². The van der Waals surface area contributed by atoms with Crippen LogP contribution in [0.3, 0.4) is 0 Å². The third-order valence-electron chi connectivity index (χ3n) is 5.11. The molecule has 0 atom stereocenters. The molecule has 0 saturated carbocycles. The van der Waals surface area contributed by atoms with E-state index < -0.39 is 5.60 Å². The van der Waals surface area contributed by atoms with Crippen molar-refractivity contribution in [3.63, 3.8) is 0 Å². The number of hydrogen-bond acceptors (Lipinski definition) is 1. The molecule has 0 amide bonds. The molecule has 4 rings (SSSR count). The van der Waals surface area contributed by atoms with Gasteiger partial charge < -0.3 is 4.74 Å². The van der Waals surface area contributed by atoms with Gasteiger partial charge >= 0.3 is 0 Å². The second kappa shape index (κ2) is 6.17. The maximum Gasteiger partial charge on any atom is 0.135 e. The van der Waals surface area contributed by atoms with Gasteiger partial charge in [-0.25, -0.2) is 0 Å². The average molecular weight is 340 g/mol. The molecule has 0 aliphatic carbocycles. The zero-order valence-electron chi connectivity index (χ0n) is 15.8. The number of para-hydroxylation sites is 1. The maximum atomic E-state index is 6.59. The van der Waals surface area contributed by atoms with Crippen LogP contribution in [0.5, 0.6) is 5.75 Å². The van der Waals surface area contributed by atoms with Crippen LogP contribution in [-0.4, -0.2) is 5.60 Å². The molecule has 3 aromatic carbocycles. The molecule has 0 radical (unpaired) electrons. The van der Waals surface area contributed by atoms with E-state index >= 15 is 0 Å². The predicted molar refractivity (Wildman–Crippen MR) is 110 cm³/mol. The number of rotatable bonds is 2. The summed E-state index contributed by atoms with van der Waals surface area (Å²) in [5.41, 5.74) is 8.14. The van der Waals surface area contributed by atoms with Crippen LogP contribution >= 0.6 is 0 Å². The monoisotopic (exact) mass is 340 g/mol. The third kappa shape index (κ3) is 2.84. The first-order valence-electron chi connectivity index (χ1n) is 9.13. The molecule has 0 N–H and O–H groups in total. The standard InChI is InChI=1S/C25H24O/c1-17-13-14-21(18(2)15-17)23-16-20-11-8-12-22(19-9-6-5-7-10-19)24(20)26-25(23,3)4/h5-16H,1-4H3. The Balaban J connectivity index is 1.90. The highest BCUT2D eigenvalue weighted by Gasteiger charge is 2.33. The molecule has 1 nitrogen and oxygen atoms in total. The van der Waals surface area contributed by atoms with Crippen molar-refractivity contribution in [2.75, 3.05) is 0 Å². The van der Waals surface area contributed by atoms with Gasteiger partial charge in [-0.1, -0.05) is 72.3 Å². The smallest absolute Gasteiger partial charge is 0.135 e. The Bertz CT molecular complexity index is 994. The van der Waals surface area contributed by atoms with Gasteiger partial charge in [-0.2, -0.15) is 0 Å². The highest BCUT2D eigenvalue weighted by atomic mass is 16.5. The molecule has 130 valence electrons. The van der Waals surface area contributed by atoms with Crippen LogP contribution in [0.15, 0.2) is 66.7 Å². The van der Waals surface area contributed by atoms with E-state index in [0.29, 0.717) is 0 Å². The normalized spacial score (nSPS) is 15.0. The topological polar surface area (TPSA) is 9.23 Å². The van der Waals surface area contributed by atoms with Gasteiger partial charge in [0.1, 0.15) is 11.4 Å². The van der Waals surface area contributed by atoms with Crippen molar-refractivity contribution < 1.29 is 4.74 Å². The average Bonchev–Trinajstić information content (AvgIpc) is 2.61. The Hall–Kier alpha value is -2.80. The minimum atomic E-state index is -0.391. The first-order chi connectivity index (χ1) is 12.5. The Morgan fingerprint density at radius 3 is 2.27 bits per heavy atom. The van der Waals surface area contributed by atoms with Crippen LogP contribution < -0.4 is 4.74 Å². The molecule has 1 heterocycles. The lowest BCUT2D eigenvalue weighted by atomic mass is 9.84. The number of hydrogen-bond donors (Lipinski definition) is 0. The lowest BCUT2D eigenvalue weighted by Gasteiger charge is -2.36. The summed E-state index contributed by atoms with van der Waals surface area (Å²) in [7, 11) is 0. The summed E-state index contributed by atoms with van der Waals surface area (Å²) in [6, 6.07) is 23.5. The second-order valence-electron chi connectivity index (χ2n) is 7.58. The predicted octanol–water partition coefficient (Wildman–Crippen LogP) is 6.68. The van der Waals surface area contributed by atoms with Gasteiger partial charge in [0.25, 0.3) is 0 Å². The molecule has 3 aromatic rings. The number of fused-ring (bicyclic) bond motifs is 1. The molecular weight excluding hydrogens is 316 g/mol. The van der Waals surface area contributed by atoms with Crippen LogP contribution in [0.2, 0.25) is 0 Å². The number of benzene rings is 3. The van der Waals surface area contributed by atoms with E-state index in [2.05, 4.69) is 94.4 Å². The van der Waals surface area contributed by atoms with Crippen molar-refractivity contribution in [1.29, 1.82) is 0 Å². The summed E-state index contributed by atoms with van der Waals surface area (Å²) in [6.45, 7) is 8.62. The van der Waals surface area contributed by atoms with Crippen molar-refractivity contribution in [3.8, 4) is 16.9 Å². The van der Waals surface area contributed by atoms with E-state index in [1.165, 1.54) is 27.8 Å². The lowest BCUT2D eigenvalue weighted by Crippen LogP contribution is -2.32. The fourth-order valence-electron chi connectivity index (χ4n) is 3.78. The second-order valence-corrected chi connectivity index (χ2v) is 7.58. The quantitative estimate of drug-likeness (QED) is 0.505. The molecule has 0 saturated heterocycles. The van der Waals surface area contributed by atoms with Gasteiger partial charge in [-0.15, -0.1) is 0 Å². The maximum absolute atomic E-state index is 6.59. The molecule has 1 aliphatic rings. The highest BCUT2D eigenvalue weighted by molar-refractivity contribution is 5.92. The van der Waals surface area contributed by atoms with Crippen LogP contribution in [-0.2, 0) is 0 Å². The van der Waals surface area contributed by atoms with E-state index in [-0.39, 0.29) is 0 Å². The van der Waals surface area contributed by atoms with Crippen LogP contribution in [0.1, 0.15) is 36.1 Å². The summed E-state index contributed by atoms with van der Waals surface area (Å²) in [5, 5.41) is 0. The summed E-state index contributed by atoms with van der Waals surface area (Å²) in [5.74, 6) is 0.970. The third-order valence-corrected chi connectivity index (χ3v) is 5.11. The molecule has 1 aliphatic heterocycles. The molecule has 26 heavy (non-hydrogen) atoms. The Morgan fingerprint density at radius 1 is 0.769 bits per heavy atom. The van der Waals surface area contributed by atoms with Gasteiger partial charge in [0.15, 0.2) is 0 Å². The fraction of sp³-hybridized carbons (Fsp3) is 0.200. The van der Waals surface area contributed by atoms with Crippen molar-refractivity contribution in [2.24, 2.45) is 0 Å². The minimum Gasteiger partial charge on any atom is -0.482 e. The molecule has 0 aromatic heterocycles. The molecular formula is C25H24O. The molecule has 0 spiro atoms. The number of aryl methyl sites for hydroxylation is 2. The lowest BCUT2D eigenvalue weighted by molar-refractivity contribution is 0.170. The van der Waals surface area contributed by atoms with Crippen molar-refractivity contribution >= 4 is 11.6 Å². The van der Waals surface area contributed by atoms with Crippen LogP contribution in [0.4, 0.5) is 0 Å². The van der Waals surface area contributed by atoms with E-state index in [1.807, 2.05) is 6.07 Å². The van der Waals surface area contributed by atoms with E-state index in [1.54, 1.807) is 0 Å². The van der Waals surface area contributed by atoms with Gasteiger partial charge in [-0.3, -0.25) is 0 Å². The highest BCUT2D eigenvalue weighted by Crippen LogP contribution is 2.45. The number of ether oxygens (including phenoxy) is 1. The summed E-state index contributed by atoms with van der Waals surface area (Å²) >= 11 is 0. The summed E-state index contributed by atoms with van der Waals surface area (Å²) in [6.07, 6.45) is 2.29. The minimum absolute atomic E-state index is 0.391. The zero-order valence-corrected chi connectivity index (χ0v) is 15.8. The first-order valence-corrected chi connectivity index (χ1v) is 9.13. The van der Waals surface area contributed by atoms with Crippen LogP contribution in [0, 0.1) is 13.8 Å². The van der Waals surface area contributed by atoms with Gasteiger partial charge in [0.05, 0.1) is 0 Å². The van der Waals surface area contributed by atoms with Crippen molar-refractivity contribution in [1.82, 2.24) is 0 Å². The fourth-order valence-corrected chi connectivity index (χ4v) is 3.78. The van der Waals surface area contributed by atoms with E-state index in [9.17, 15) is 0 Å². The summed E-state index contributed by atoms with van der Waals surface area (Å²) in [4.78, 5) is 0. The van der Waals surface area contributed by atoms with E-state index in [0.717, 1.165) is 16.9 Å². The molecule has 0 bridgehead atoms. The van der Waals surface area contributed by atoms with Crippen molar-refractivity contribution in [3.05, 3.63) is 89.0 Å².